The van der Waals surface area contributed by atoms with Gasteiger partial charge in [0.05, 0.1) is 13.2 Å². The Morgan fingerprint density at radius 2 is 1.78 bits per heavy atom. The lowest BCUT2D eigenvalue weighted by atomic mass is 10.1. The van der Waals surface area contributed by atoms with E-state index >= 15 is 0 Å². The van der Waals surface area contributed by atoms with Crippen molar-refractivity contribution in [2.75, 3.05) is 26.4 Å². The molecule has 1 rings (SSSR count). The lowest BCUT2D eigenvalue weighted by Gasteiger charge is -2.07. The van der Waals surface area contributed by atoms with Gasteiger partial charge in [0, 0.05) is 12.2 Å². The van der Waals surface area contributed by atoms with Gasteiger partial charge in [0.15, 0.2) is 5.78 Å². The first-order valence-corrected chi connectivity index (χ1v) is 6.04. The highest BCUT2D eigenvalue weighted by Crippen LogP contribution is 2.03. The minimum Gasteiger partial charge on any atom is -0.379 e. The summed E-state index contributed by atoms with van der Waals surface area (Å²) in [7, 11) is 0. The summed E-state index contributed by atoms with van der Waals surface area (Å²) in [6, 6.07) is 5.44. The molecule has 4 heteroatoms. The molecule has 1 aromatic carbocycles. The van der Waals surface area contributed by atoms with Crippen molar-refractivity contribution in [1.29, 1.82) is 0 Å². The molecule has 0 saturated heterocycles. The van der Waals surface area contributed by atoms with E-state index in [-0.39, 0.29) is 18.2 Å². The molecule has 0 radical (unpaired) electrons. The summed E-state index contributed by atoms with van der Waals surface area (Å²) in [4.78, 5) is 11.6. The molecule has 0 fully saturated rings. The average Bonchev–Trinajstić information content (AvgIpc) is 2.34. The van der Waals surface area contributed by atoms with Crippen molar-refractivity contribution in [1.82, 2.24) is 0 Å². The van der Waals surface area contributed by atoms with E-state index in [0.717, 1.165) is 0 Å². The van der Waals surface area contributed by atoms with Gasteiger partial charge in [0.25, 0.3) is 0 Å². The highest BCUT2D eigenvalue weighted by Gasteiger charge is 2.05. The van der Waals surface area contributed by atoms with Crippen molar-refractivity contribution in [3.05, 3.63) is 35.6 Å². The fourth-order valence-electron chi connectivity index (χ4n) is 1.32. The van der Waals surface area contributed by atoms with Crippen LogP contribution in [-0.4, -0.2) is 32.2 Å². The molecule has 0 atom stereocenters. The Kier molecular flexibility index (Phi) is 6.54. The van der Waals surface area contributed by atoms with Crippen LogP contribution in [0.5, 0.6) is 0 Å². The van der Waals surface area contributed by atoms with Crippen LogP contribution in [0.4, 0.5) is 4.39 Å². The number of carbonyl (C=O) groups excluding carboxylic acids is 1. The summed E-state index contributed by atoms with van der Waals surface area (Å²) >= 11 is 0. The lowest BCUT2D eigenvalue weighted by Crippen LogP contribution is -2.13. The maximum absolute atomic E-state index is 12.6. The molecule has 0 N–H and O–H groups in total. The lowest BCUT2D eigenvalue weighted by molar-refractivity contribution is 0.0364. The molecule has 0 spiro atoms. The number of ketones is 1. The smallest absolute Gasteiger partial charge is 0.188 e. The number of benzene rings is 1. The van der Waals surface area contributed by atoms with E-state index in [0.29, 0.717) is 31.3 Å². The van der Waals surface area contributed by atoms with Crippen molar-refractivity contribution < 1.29 is 18.7 Å². The number of hydrogen-bond donors (Lipinski definition) is 0. The van der Waals surface area contributed by atoms with Gasteiger partial charge < -0.3 is 9.47 Å². The van der Waals surface area contributed by atoms with Crippen LogP contribution in [0.2, 0.25) is 0 Å². The first-order valence-electron chi connectivity index (χ1n) is 6.04. The third-order valence-corrected chi connectivity index (χ3v) is 2.22. The van der Waals surface area contributed by atoms with E-state index in [4.69, 9.17) is 9.47 Å². The van der Waals surface area contributed by atoms with Crippen LogP contribution in [0.1, 0.15) is 24.2 Å². The molecule has 1 aromatic rings. The fourth-order valence-corrected chi connectivity index (χ4v) is 1.32. The second kappa shape index (κ2) is 7.95. The molecule has 100 valence electrons. The Bertz CT molecular complexity index is 360. The highest BCUT2D eigenvalue weighted by molar-refractivity contribution is 5.96. The van der Waals surface area contributed by atoms with Gasteiger partial charge >= 0.3 is 0 Å². The number of rotatable bonds is 8. The quantitative estimate of drug-likeness (QED) is 0.528. The van der Waals surface area contributed by atoms with Gasteiger partial charge in [-0.15, -0.1) is 0 Å². The Labute approximate surface area is 107 Å². The minimum absolute atomic E-state index is 0.00330. The molecule has 0 aliphatic carbocycles. The summed E-state index contributed by atoms with van der Waals surface area (Å²) < 4.78 is 23.2. The van der Waals surface area contributed by atoms with E-state index in [1.165, 1.54) is 24.3 Å². The average molecular weight is 254 g/mol. The van der Waals surface area contributed by atoms with E-state index in [9.17, 15) is 9.18 Å². The van der Waals surface area contributed by atoms with Gasteiger partial charge in [-0.05, 0) is 30.2 Å². The third-order valence-electron chi connectivity index (χ3n) is 2.22. The summed E-state index contributed by atoms with van der Waals surface area (Å²) in [6.07, 6.45) is 0. The van der Waals surface area contributed by atoms with Gasteiger partial charge in [-0.25, -0.2) is 4.39 Å². The molecule has 0 heterocycles. The molecule has 0 amide bonds. The number of Topliss-reactive ketones (excluding diaryl/α,β-unsaturated/α-hetero) is 1. The zero-order chi connectivity index (χ0) is 13.4. The minimum atomic E-state index is -0.352. The van der Waals surface area contributed by atoms with Gasteiger partial charge in [-0.1, -0.05) is 13.8 Å². The van der Waals surface area contributed by atoms with Crippen LogP contribution >= 0.6 is 0 Å². The number of ether oxygens (including phenoxy) is 2. The van der Waals surface area contributed by atoms with Crippen LogP contribution in [-0.2, 0) is 9.47 Å². The molecular formula is C14H19FO3. The van der Waals surface area contributed by atoms with E-state index in [1.807, 2.05) is 0 Å². The van der Waals surface area contributed by atoms with E-state index in [1.54, 1.807) is 0 Å². The molecule has 0 saturated carbocycles. The second-order valence-electron chi connectivity index (χ2n) is 4.45. The molecule has 0 aliphatic heterocycles. The third kappa shape index (κ3) is 5.89. The molecule has 0 unspecified atom stereocenters. The van der Waals surface area contributed by atoms with Crippen LogP contribution in [0, 0.1) is 11.7 Å². The first-order chi connectivity index (χ1) is 8.59. The fraction of sp³-hybridized carbons (Fsp3) is 0.500. The summed E-state index contributed by atoms with van der Waals surface area (Å²) in [5.41, 5.74) is 0.458. The van der Waals surface area contributed by atoms with Gasteiger partial charge in [-0.3, -0.25) is 4.79 Å². The number of hydrogen-bond acceptors (Lipinski definition) is 3. The molecule has 0 bridgehead atoms. The standard InChI is InChI=1S/C14H19FO3/c1-11(2)9-17-7-8-18-10-14(16)12-3-5-13(15)6-4-12/h3-6,11H,7-10H2,1-2H3. The van der Waals surface area contributed by atoms with Crippen molar-refractivity contribution in [3.8, 4) is 0 Å². The zero-order valence-corrected chi connectivity index (χ0v) is 10.8. The van der Waals surface area contributed by atoms with Crippen molar-refractivity contribution in [2.45, 2.75) is 13.8 Å². The molecule has 18 heavy (non-hydrogen) atoms. The van der Waals surface area contributed by atoms with Gasteiger partial charge in [0.2, 0.25) is 0 Å². The maximum atomic E-state index is 12.6. The van der Waals surface area contributed by atoms with Crippen molar-refractivity contribution in [2.24, 2.45) is 5.92 Å². The second-order valence-corrected chi connectivity index (χ2v) is 4.45. The monoisotopic (exact) mass is 254 g/mol. The van der Waals surface area contributed by atoms with Crippen LogP contribution in [0.15, 0.2) is 24.3 Å². The highest BCUT2D eigenvalue weighted by atomic mass is 19.1. The van der Waals surface area contributed by atoms with Crippen LogP contribution in [0.25, 0.3) is 0 Å². The van der Waals surface area contributed by atoms with Crippen LogP contribution < -0.4 is 0 Å². The Hall–Kier alpha value is -1.26. The Morgan fingerprint density at radius 1 is 1.17 bits per heavy atom. The number of halogens is 1. The predicted molar refractivity (Wildman–Crippen MR) is 67.2 cm³/mol. The SMILES string of the molecule is CC(C)COCCOCC(=O)c1ccc(F)cc1. The van der Waals surface area contributed by atoms with Crippen molar-refractivity contribution in [3.63, 3.8) is 0 Å². The summed E-state index contributed by atoms with van der Waals surface area (Å²) in [5.74, 6) is -0.0146. The van der Waals surface area contributed by atoms with E-state index < -0.39 is 0 Å². The first kappa shape index (κ1) is 14.8. The van der Waals surface area contributed by atoms with Crippen LogP contribution in [0.3, 0.4) is 0 Å². The summed E-state index contributed by atoms with van der Waals surface area (Å²) in [6.45, 7) is 5.69. The van der Waals surface area contributed by atoms with Gasteiger partial charge in [0.1, 0.15) is 12.4 Å². The Morgan fingerprint density at radius 3 is 2.39 bits per heavy atom. The van der Waals surface area contributed by atoms with E-state index in [2.05, 4.69) is 13.8 Å². The topological polar surface area (TPSA) is 35.5 Å². The summed E-state index contributed by atoms with van der Waals surface area (Å²) in [5, 5.41) is 0. The van der Waals surface area contributed by atoms with Crippen molar-refractivity contribution >= 4 is 5.78 Å². The Balaban J connectivity index is 2.16. The molecule has 0 aliphatic rings. The molecule has 3 nitrogen and oxygen atoms in total. The predicted octanol–water partition coefficient (Wildman–Crippen LogP) is 2.70. The van der Waals surface area contributed by atoms with Gasteiger partial charge in [-0.2, -0.15) is 0 Å². The molecule has 0 aromatic heterocycles. The number of carbonyl (C=O) groups is 1. The molecular weight excluding hydrogens is 235 g/mol. The maximum Gasteiger partial charge on any atom is 0.188 e. The zero-order valence-electron chi connectivity index (χ0n) is 10.8. The normalized spacial score (nSPS) is 10.9. The largest absolute Gasteiger partial charge is 0.379 e.